The van der Waals surface area contributed by atoms with Gasteiger partial charge in [0, 0.05) is 0 Å². The molecule has 0 aromatic heterocycles. The van der Waals surface area contributed by atoms with Crippen LogP contribution in [0.25, 0.3) is 0 Å². The Labute approximate surface area is 72.9 Å². The number of hydrogen-bond donors (Lipinski definition) is 0. The van der Waals surface area contributed by atoms with Gasteiger partial charge in [-0.3, -0.25) is 0 Å². The normalized spacial score (nSPS) is 12.2. The summed E-state index contributed by atoms with van der Waals surface area (Å²) in [4.78, 5) is 0. The molecule has 0 saturated heterocycles. The molecule has 10 heteroatoms. The van der Waals surface area contributed by atoms with Crippen LogP contribution >= 0.6 is 0 Å². The van der Waals surface area contributed by atoms with E-state index < -0.39 is 27.2 Å². The Morgan fingerprint density at radius 2 is 1.10 bits per heavy atom. The summed E-state index contributed by atoms with van der Waals surface area (Å²) >= 11 is -12.1. The third-order valence-corrected chi connectivity index (χ3v) is 2.83. The summed E-state index contributed by atoms with van der Waals surface area (Å²) < 4.78 is 58.9. The van der Waals surface area contributed by atoms with Crippen LogP contribution in [0.2, 0.25) is 0 Å². The molecule has 10 heavy (non-hydrogen) atoms. The van der Waals surface area contributed by atoms with Crippen molar-refractivity contribution in [2.75, 3.05) is 0 Å². The second-order valence-corrected chi connectivity index (χ2v) is 4.52. The van der Waals surface area contributed by atoms with E-state index in [4.69, 9.17) is 0 Å². The molecule has 56 valence electrons. The maximum absolute atomic E-state index is 9.38. The largest absolute Gasteiger partial charge is 2.00 e. The Bertz CT molecular complexity index is 237. The molecule has 0 saturated carbocycles. The van der Waals surface area contributed by atoms with Crippen molar-refractivity contribution in [3.63, 3.8) is 0 Å². The molecule has 0 radical (unpaired) electrons. The van der Waals surface area contributed by atoms with Crippen molar-refractivity contribution in [2.24, 2.45) is 0 Å². The standard InChI is InChI=1S/2Cr.7O.Zn/q;;;;;;;2*-1;+2. The van der Waals surface area contributed by atoms with E-state index in [9.17, 15) is 23.5 Å². The van der Waals surface area contributed by atoms with E-state index in [1.807, 2.05) is 0 Å². The molecule has 0 aromatic carbocycles. The van der Waals surface area contributed by atoms with Gasteiger partial charge < -0.3 is 0 Å². The molecule has 0 aliphatic rings. The Morgan fingerprint density at radius 3 is 1.10 bits per heavy atom. The predicted molar refractivity (Wildman–Crippen MR) is 3.83 cm³/mol. The van der Waals surface area contributed by atoms with Gasteiger partial charge in [0.2, 0.25) is 0 Å². The van der Waals surface area contributed by atoms with Gasteiger partial charge in [-0.15, -0.1) is 0 Å². The first-order valence-electron chi connectivity index (χ1n) is 1.33. The van der Waals surface area contributed by atoms with Gasteiger partial charge in [0.05, 0.1) is 0 Å². The van der Waals surface area contributed by atoms with E-state index in [2.05, 4.69) is 2.84 Å². The maximum atomic E-state index is 9.38. The van der Waals surface area contributed by atoms with Crippen molar-refractivity contribution in [2.45, 2.75) is 0 Å². The van der Waals surface area contributed by atoms with Crippen LogP contribution in [-0.2, 0) is 64.8 Å². The van der Waals surface area contributed by atoms with Gasteiger partial charge in [-0.1, -0.05) is 0 Å². The van der Waals surface area contributed by atoms with Gasteiger partial charge >= 0.3 is 73.1 Å². The fourth-order valence-electron chi connectivity index (χ4n) is 0.102. The van der Waals surface area contributed by atoms with Crippen LogP contribution in [0, 0.1) is 0 Å². The van der Waals surface area contributed by atoms with Gasteiger partial charge in [0.25, 0.3) is 0 Å². The molecular weight excluding hydrogens is 281 g/mol. The van der Waals surface area contributed by atoms with Crippen molar-refractivity contribution in [3.8, 4) is 0 Å². The van der Waals surface area contributed by atoms with Crippen molar-refractivity contribution >= 4 is 0 Å². The molecule has 0 aliphatic carbocycles. The minimum Gasteiger partial charge on any atom is 2.00 e. The van der Waals surface area contributed by atoms with E-state index in [0.29, 0.717) is 0 Å². The first-order valence-corrected chi connectivity index (χ1v) is 5.50. The Morgan fingerprint density at radius 1 is 0.900 bits per heavy atom. The van der Waals surface area contributed by atoms with Gasteiger partial charge in [0.15, 0.2) is 0 Å². The minimum atomic E-state index is -6.07. The van der Waals surface area contributed by atoms with E-state index in [0.717, 1.165) is 0 Å². The van der Waals surface area contributed by atoms with E-state index >= 15 is 0 Å². The molecule has 7 nitrogen and oxygen atoms in total. The molecule has 0 amide bonds. The molecule has 0 fully saturated rings. The van der Waals surface area contributed by atoms with Gasteiger partial charge in [0.1, 0.15) is 0 Å². The Hall–Kier alpha value is 0.768. The van der Waals surface area contributed by atoms with E-state index in [-0.39, 0.29) is 19.5 Å². The van der Waals surface area contributed by atoms with E-state index in [1.165, 1.54) is 0 Å². The molecule has 0 aromatic rings. The second kappa shape index (κ2) is 3.96. The van der Waals surface area contributed by atoms with E-state index in [1.54, 1.807) is 0 Å². The van der Waals surface area contributed by atoms with Crippen LogP contribution in [0.4, 0.5) is 0 Å². The van der Waals surface area contributed by atoms with Crippen LogP contribution < -0.4 is 8.32 Å². The quantitative estimate of drug-likeness (QED) is 0.496. The topological polar surface area (TPSA) is 124 Å². The second-order valence-electron chi connectivity index (χ2n) is 0.885. The first-order chi connectivity index (χ1) is 3.71. The van der Waals surface area contributed by atoms with Gasteiger partial charge in [-0.25, -0.2) is 0 Å². The summed E-state index contributed by atoms with van der Waals surface area (Å²) in [7, 11) is 0. The summed E-state index contributed by atoms with van der Waals surface area (Å²) in [6.45, 7) is 0. The van der Waals surface area contributed by atoms with Crippen LogP contribution in [0.15, 0.2) is 0 Å². The zero-order valence-electron chi connectivity index (χ0n) is 4.38. The monoisotopic (exact) mass is 280 g/mol. The third kappa shape index (κ3) is 11.6. The molecule has 0 unspecified atom stereocenters. The number of rotatable bonds is 2. The average Bonchev–Trinajstić information content (AvgIpc) is 1.14. The molecule has 0 bridgehead atoms. The van der Waals surface area contributed by atoms with Crippen LogP contribution in [0.5, 0.6) is 0 Å². The van der Waals surface area contributed by atoms with Crippen LogP contribution in [-0.4, -0.2) is 0 Å². The summed E-state index contributed by atoms with van der Waals surface area (Å²) in [5, 5.41) is 0. The zero-order chi connectivity index (χ0) is 7.71. The molecule has 0 rings (SSSR count). The molecule has 0 aliphatic heterocycles. The molecular formula is Cr2O7Zn. The average molecular weight is 281 g/mol. The zero-order valence-corrected chi connectivity index (χ0v) is 9.90. The van der Waals surface area contributed by atoms with Crippen LogP contribution in [0.3, 0.4) is 0 Å². The Balaban J connectivity index is 0. The Kier molecular flexibility index (Phi) is 5.29. The van der Waals surface area contributed by atoms with Crippen molar-refractivity contribution in [1.29, 1.82) is 0 Å². The number of hydrogen-bond acceptors (Lipinski definition) is 7. The summed E-state index contributed by atoms with van der Waals surface area (Å²) in [6, 6.07) is 0. The van der Waals surface area contributed by atoms with Crippen molar-refractivity contribution in [3.05, 3.63) is 0 Å². The summed E-state index contributed by atoms with van der Waals surface area (Å²) in [5.41, 5.74) is 0. The molecule has 0 heterocycles. The van der Waals surface area contributed by atoms with Crippen molar-refractivity contribution in [1.82, 2.24) is 0 Å². The van der Waals surface area contributed by atoms with Crippen LogP contribution in [0.1, 0.15) is 0 Å². The smallest absolute Gasteiger partial charge is 2.00 e. The fourth-order valence-corrected chi connectivity index (χ4v) is 1.74. The molecule has 0 atom stereocenters. The van der Waals surface area contributed by atoms with Gasteiger partial charge in [-0.05, 0) is 0 Å². The fraction of sp³-hybridized carbons (Fsp3) is 0. The first kappa shape index (κ1) is 13.4. The van der Waals surface area contributed by atoms with Crippen molar-refractivity contribution < 1.29 is 73.1 Å². The molecule has 0 spiro atoms. The minimum absolute atomic E-state index is 0. The summed E-state index contributed by atoms with van der Waals surface area (Å²) in [6.07, 6.45) is 0. The maximum Gasteiger partial charge on any atom is 2.00 e. The van der Waals surface area contributed by atoms with Gasteiger partial charge in [-0.2, -0.15) is 0 Å². The SMILES string of the molecule is [O]=[Cr](=[O])([O-])[O][Cr](=[O])(=[O])[O-].[Zn+2]. The third-order valence-electron chi connectivity index (χ3n) is 0.167. The summed E-state index contributed by atoms with van der Waals surface area (Å²) in [5.74, 6) is 0. The molecule has 0 N–H and O–H groups in total. The predicted octanol–water partition coefficient (Wildman–Crippen LogP) is -2.93.